The minimum atomic E-state index is -0.483. The van der Waals surface area contributed by atoms with Crippen LogP contribution in [0.4, 0.5) is 5.69 Å². The first-order chi connectivity index (χ1) is 8.16. The number of benzene rings is 1. The lowest BCUT2D eigenvalue weighted by atomic mass is 10.2. The molecule has 0 bridgehead atoms. The van der Waals surface area contributed by atoms with Crippen LogP contribution in [0.15, 0.2) is 18.2 Å². The van der Waals surface area contributed by atoms with E-state index in [9.17, 15) is 10.1 Å². The lowest BCUT2D eigenvalue weighted by Crippen LogP contribution is -2.28. The van der Waals surface area contributed by atoms with Crippen molar-refractivity contribution in [2.24, 2.45) is 0 Å². The molecule has 1 saturated heterocycles. The third-order valence-electron chi connectivity index (χ3n) is 2.72. The van der Waals surface area contributed by atoms with Crippen molar-refractivity contribution in [3.63, 3.8) is 0 Å². The second-order valence-electron chi connectivity index (χ2n) is 3.97. The van der Waals surface area contributed by atoms with Crippen LogP contribution in [0.3, 0.4) is 0 Å². The highest BCUT2D eigenvalue weighted by Gasteiger charge is 2.19. The summed E-state index contributed by atoms with van der Waals surface area (Å²) in [6.07, 6.45) is 2.16. The van der Waals surface area contributed by atoms with Crippen molar-refractivity contribution in [2.45, 2.75) is 18.9 Å². The first-order valence-electron chi connectivity index (χ1n) is 5.47. The van der Waals surface area contributed by atoms with Crippen LogP contribution in [-0.4, -0.2) is 24.1 Å². The normalized spacial score (nSPS) is 19.2. The molecule has 0 aliphatic carbocycles. The number of nitrogens with one attached hydrogen (secondary N) is 1. The lowest BCUT2D eigenvalue weighted by molar-refractivity contribution is -0.385. The van der Waals surface area contributed by atoms with E-state index in [4.69, 9.17) is 16.3 Å². The van der Waals surface area contributed by atoms with Gasteiger partial charge >= 0.3 is 5.69 Å². The molecule has 1 atom stereocenters. The van der Waals surface area contributed by atoms with E-state index in [1.165, 1.54) is 12.1 Å². The molecular formula is C11H13ClN2O3. The molecule has 17 heavy (non-hydrogen) atoms. The van der Waals surface area contributed by atoms with Crippen LogP contribution >= 0.6 is 11.6 Å². The molecule has 1 aromatic carbocycles. The van der Waals surface area contributed by atoms with Gasteiger partial charge in [0, 0.05) is 17.1 Å². The predicted molar refractivity (Wildman–Crippen MR) is 64.6 cm³/mol. The molecule has 92 valence electrons. The molecule has 0 amide bonds. The summed E-state index contributed by atoms with van der Waals surface area (Å²) in [6, 6.07) is 4.71. The third kappa shape index (κ3) is 3.08. The van der Waals surface area contributed by atoms with E-state index in [0.717, 1.165) is 19.4 Å². The van der Waals surface area contributed by atoms with Crippen LogP contribution in [-0.2, 0) is 0 Å². The second kappa shape index (κ2) is 5.33. The number of rotatable bonds is 4. The van der Waals surface area contributed by atoms with Crippen molar-refractivity contribution >= 4 is 17.3 Å². The van der Waals surface area contributed by atoms with Crippen molar-refractivity contribution in [1.82, 2.24) is 5.32 Å². The zero-order valence-electron chi connectivity index (χ0n) is 9.19. The minimum Gasteiger partial charge on any atom is -0.485 e. The second-order valence-corrected chi connectivity index (χ2v) is 4.41. The van der Waals surface area contributed by atoms with Gasteiger partial charge in [-0.3, -0.25) is 10.1 Å². The zero-order valence-corrected chi connectivity index (χ0v) is 9.94. The molecule has 0 saturated carbocycles. The number of nitro groups is 1. The van der Waals surface area contributed by atoms with Gasteiger partial charge in [0.15, 0.2) is 5.75 Å². The summed E-state index contributed by atoms with van der Waals surface area (Å²) in [5, 5.41) is 14.4. The molecular weight excluding hydrogens is 244 g/mol. The van der Waals surface area contributed by atoms with E-state index in [1.807, 2.05) is 0 Å². The molecule has 1 aromatic rings. The lowest BCUT2D eigenvalue weighted by Gasteiger charge is -2.12. The van der Waals surface area contributed by atoms with E-state index in [1.54, 1.807) is 6.07 Å². The highest BCUT2D eigenvalue weighted by molar-refractivity contribution is 6.30. The van der Waals surface area contributed by atoms with Crippen LogP contribution in [0.2, 0.25) is 5.02 Å². The molecule has 5 nitrogen and oxygen atoms in total. The SMILES string of the molecule is O=[N+]([O-])c1cc(Cl)ccc1OCC1CCCN1. The highest BCUT2D eigenvalue weighted by Crippen LogP contribution is 2.30. The maximum atomic E-state index is 10.8. The maximum absolute atomic E-state index is 10.8. The Labute approximate surface area is 104 Å². The Kier molecular flexibility index (Phi) is 3.81. The van der Waals surface area contributed by atoms with Gasteiger partial charge in [0.05, 0.1) is 4.92 Å². The van der Waals surface area contributed by atoms with E-state index in [2.05, 4.69) is 5.32 Å². The average molecular weight is 257 g/mol. The molecule has 0 aromatic heterocycles. The van der Waals surface area contributed by atoms with Gasteiger partial charge in [-0.1, -0.05) is 11.6 Å². The maximum Gasteiger partial charge on any atom is 0.312 e. The fourth-order valence-corrected chi connectivity index (χ4v) is 2.01. The van der Waals surface area contributed by atoms with Crippen molar-refractivity contribution < 1.29 is 9.66 Å². The van der Waals surface area contributed by atoms with E-state index in [0.29, 0.717) is 11.6 Å². The molecule has 1 N–H and O–H groups in total. The van der Waals surface area contributed by atoms with Crippen LogP contribution in [0.25, 0.3) is 0 Å². The summed E-state index contributed by atoms with van der Waals surface area (Å²) in [5.41, 5.74) is -0.0875. The van der Waals surface area contributed by atoms with Gasteiger partial charge in [0.25, 0.3) is 0 Å². The highest BCUT2D eigenvalue weighted by atomic mass is 35.5. The third-order valence-corrected chi connectivity index (χ3v) is 2.96. The monoisotopic (exact) mass is 256 g/mol. The molecule has 0 radical (unpaired) electrons. The van der Waals surface area contributed by atoms with Crippen molar-refractivity contribution in [1.29, 1.82) is 0 Å². The molecule has 1 fully saturated rings. The summed E-state index contributed by atoms with van der Waals surface area (Å²) >= 11 is 5.72. The van der Waals surface area contributed by atoms with Crippen molar-refractivity contribution in [3.8, 4) is 5.75 Å². The molecule has 1 heterocycles. The smallest absolute Gasteiger partial charge is 0.312 e. The Morgan fingerprint density at radius 3 is 3.06 bits per heavy atom. The topological polar surface area (TPSA) is 64.4 Å². The van der Waals surface area contributed by atoms with E-state index < -0.39 is 4.92 Å². The van der Waals surface area contributed by atoms with Gasteiger partial charge in [-0.15, -0.1) is 0 Å². The fourth-order valence-electron chi connectivity index (χ4n) is 1.84. The summed E-state index contributed by atoms with van der Waals surface area (Å²) in [5.74, 6) is 0.271. The van der Waals surface area contributed by atoms with Gasteiger partial charge in [0.1, 0.15) is 6.61 Å². The minimum absolute atomic E-state index is 0.0875. The molecule has 1 unspecified atom stereocenters. The van der Waals surface area contributed by atoms with Crippen LogP contribution in [0.1, 0.15) is 12.8 Å². The average Bonchev–Trinajstić information content (AvgIpc) is 2.80. The Hall–Kier alpha value is -1.33. The van der Waals surface area contributed by atoms with Gasteiger partial charge in [-0.2, -0.15) is 0 Å². The van der Waals surface area contributed by atoms with Crippen molar-refractivity contribution in [3.05, 3.63) is 33.3 Å². The Morgan fingerprint density at radius 2 is 2.41 bits per heavy atom. The Balaban J connectivity index is 2.06. The standard InChI is InChI=1S/C11H13ClN2O3/c12-8-3-4-11(10(6-8)14(15)16)17-7-9-2-1-5-13-9/h3-4,6,9,13H,1-2,5,7H2. The number of ether oxygens (including phenoxy) is 1. The van der Waals surface area contributed by atoms with Crippen LogP contribution in [0, 0.1) is 10.1 Å². The first kappa shape index (κ1) is 12.1. The first-order valence-corrected chi connectivity index (χ1v) is 5.85. The largest absolute Gasteiger partial charge is 0.485 e. The summed E-state index contributed by atoms with van der Waals surface area (Å²) in [4.78, 5) is 10.3. The van der Waals surface area contributed by atoms with Gasteiger partial charge in [-0.05, 0) is 31.5 Å². The van der Waals surface area contributed by atoms with Crippen LogP contribution < -0.4 is 10.1 Å². The molecule has 6 heteroatoms. The van der Waals surface area contributed by atoms with Gasteiger partial charge in [0.2, 0.25) is 0 Å². The number of halogens is 1. The van der Waals surface area contributed by atoms with E-state index >= 15 is 0 Å². The summed E-state index contributed by atoms with van der Waals surface area (Å²) in [6.45, 7) is 1.43. The Morgan fingerprint density at radius 1 is 1.59 bits per heavy atom. The quantitative estimate of drug-likeness (QED) is 0.664. The molecule has 1 aliphatic heterocycles. The van der Waals surface area contributed by atoms with Gasteiger partial charge in [-0.25, -0.2) is 0 Å². The van der Waals surface area contributed by atoms with E-state index in [-0.39, 0.29) is 17.5 Å². The fraction of sp³-hybridized carbons (Fsp3) is 0.455. The number of nitrogens with zero attached hydrogens (tertiary/aromatic N) is 1. The zero-order chi connectivity index (χ0) is 12.3. The summed E-state index contributed by atoms with van der Waals surface area (Å²) < 4.78 is 5.47. The molecule has 0 spiro atoms. The summed E-state index contributed by atoms with van der Waals surface area (Å²) in [7, 11) is 0. The predicted octanol–water partition coefficient (Wildman–Crippen LogP) is 2.38. The van der Waals surface area contributed by atoms with Gasteiger partial charge < -0.3 is 10.1 Å². The molecule has 1 aliphatic rings. The van der Waals surface area contributed by atoms with Crippen LogP contribution in [0.5, 0.6) is 5.75 Å². The molecule has 2 rings (SSSR count). The Bertz CT molecular complexity index is 419. The number of hydrogen-bond acceptors (Lipinski definition) is 4. The van der Waals surface area contributed by atoms with Crippen molar-refractivity contribution in [2.75, 3.05) is 13.2 Å². The number of nitro benzene ring substituents is 1. The number of hydrogen-bond donors (Lipinski definition) is 1.